The monoisotopic (exact) mass is 614 g/mol. The van der Waals surface area contributed by atoms with Crippen molar-refractivity contribution in [2.24, 2.45) is 0 Å². The molecule has 1 unspecified atom stereocenters. The zero-order valence-electron chi connectivity index (χ0n) is 24.9. The second-order valence-corrected chi connectivity index (χ2v) is 13.9. The van der Waals surface area contributed by atoms with Crippen LogP contribution in [0.4, 0.5) is 4.39 Å². The number of benzene rings is 1. The Morgan fingerprint density at radius 2 is 1.63 bits per heavy atom. The molecule has 2 bridgehead atoms. The molecular weight excluding hydrogens is 571 g/mol. The molecule has 1 aliphatic heterocycles. The van der Waals surface area contributed by atoms with Gasteiger partial charge in [0.25, 0.3) is 11.8 Å². The van der Waals surface area contributed by atoms with Gasteiger partial charge >= 0.3 is 0 Å². The van der Waals surface area contributed by atoms with E-state index in [0.717, 1.165) is 19.0 Å². The molecule has 4 aliphatic carbocycles. The number of hydrogen-bond acceptors (Lipinski definition) is 5. The van der Waals surface area contributed by atoms with E-state index in [4.69, 9.17) is 21.4 Å². The molecule has 5 aliphatic rings. The quantitative estimate of drug-likeness (QED) is 0.372. The number of halogens is 2. The van der Waals surface area contributed by atoms with Crippen molar-refractivity contribution in [2.75, 3.05) is 6.61 Å². The van der Waals surface area contributed by atoms with Gasteiger partial charge in [0.05, 0.1) is 16.7 Å². The van der Waals surface area contributed by atoms with Crippen LogP contribution < -0.4 is 15.4 Å². The maximum atomic E-state index is 13.7. The molecule has 4 saturated carbocycles. The molecule has 0 radical (unpaired) electrons. The lowest BCUT2D eigenvalue weighted by molar-refractivity contribution is -0.132. The highest BCUT2D eigenvalue weighted by Crippen LogP contribution is 2.48. The summed E-state index contributed by atoms with van der Waals surface area (Å²) in [5, 5.41) is 22.3. The van der Waals surface area contributed by atoms with Crippen molar-refractivity contribution in [1.29, 1.82) is 0 Å². The minimum absolute atomic E-state index is 0.0176. The number of carbonyl (C=O) groups is 2. The van der Waals surface area contributed by atoms with Crippen LogP contribution in [0.15, 0.2) is 24.3 Å². The average Bonchev–Trinajstić information content (AvgIpc) is 3.45. The van der Waals surface area contributed by atoms with Gasteiger partial charge in [-0.05, 0) is 76.0 Å². The first-order chi connectivity index (χ1) is 20.7. The van der Waals surface area contributed by atoms with Gasteiger partial charge in [0, 0.05) is 29.3 Å². The Hall–Kier alpha value is -2.65. The van der Waals surface area contributed by atoms with Crippen LogP contribution >= 0.6 is 11.6 Å². The summed E-state index contributed by atoms with van der Waals surface area (Å²) in [7, 11) is 0. The van der Waals surface area contributed by atoms with Gasteiger partial charge < -0.3 is 20.5 Å². The van der Waals surface area contributed by atoms with E-state index in [0.29, 0.717) is 37.8 Å². The lowest BCUT2D eigenvalue weighted by Crippen LogP contribution is -2.70. The van der Waals surface area contributed by atoms with Gasteiger partial charge in [-0.3, -0.25) is 14.3 Å². The molecule has 10 heteroatoms. The van der Waals surface area contributed by atoms with E-state index in [2.05, 4.69) is 21.4 Å². The Morgan fingerprint density at radius 3 is 2.30 bits per heavy atom. The van der Waals surface area contributed by atoms with E-state index < -0.39 is 23.0 Å². The zero-order chi connectivity index (χ0) is 30.1. The molecule has 0 saturated heterocycles. The second kappa shape index (κ2) is 12.4. The number of aryl methyl sites for hydroxylation is 1. The number of ether oxygens (including phenoxy) is 1. The molecule has 2 heterocycles. The van der Waals surface area contributed by atoms with Crippen molar-refractivity contribution in [3.05, 3.63) is 46.5 Å². The summed E-state index contributed by atoms with van der Waals surface area (Å²) in [4.78, 5) is 26.4. The minimum atomic E-state index is -0.811. The summed E-state index contributed by atoms with van der Waals surface area (Å²) in [6, 6.07) is 6.06. The normalized spacial score (nSPS) is 28.6. The summed E-state index contributed by atoms with van der Waals surface area (Å²) in [5.41, 5.74) is 0.532. The van der Waals surface area contributed by atoms with E-state index in [1.807, 2.05) is 0 Å². The first-order valence-electron chi connectivity index (χ1n) is 16.2. The van der Waals surface area contributed by atoms with Gasteiger partial charge in [-0.25, -0.2) is 4.39 Å². The fraction of sp³-hybridized carbons (Fsp3) is 0.667. The van der Waals surface area contributed by atoms with Gasteiger partial charge in [-0.2, -0.15) is 5.10 Å². The van der Waals surface area contributed by atoms with Crippen molar-refractivity contribution < 1.29 is 23.8 Å². The smallest absolute Gasteiger partial charge is 0.272 e. The molecule has 3 N–H and O–H groups in total. The van der Waals surface area contributed by atoms with Crippen molar-refractivity contribution in [2.45, 2.75) is 132 Å². The lowest BCUT2D eigenvalue weighted by Gasteiger charge is -2.56. The molecule has 8 nitrogen and oxygen atoms in total. The van der Waals surface area contributed by atoms with Crippen LogP contribution in [-0.2, 0) is 16.8 Å². The zero-order valence-corrected chi connectivity index (χ0v) is 25.7. The first-order valence-corrected chi connectivity index (χ1v) is 16.6. The number of aliphatic hydroxyl groups is 1. The third-order valence-electron chi connectivity index (χ3n) is 10.7. The van der Waals surface area contributed by atoms with Gasteiger partial charge in [0.2, 0.25) is 0 Å². The summed E-state index contributed by atoms with van der Waals surface area (Å²) < 4.78 is 21.2. The van der Waals surface area contributed by atoms with E-state index in [1.54, 1.807) is 0 Å². The molecule has 7 rings (SSSR count). The predicted molar refractivity (Wildman–Crippen MR) is 162 cm³/mol. The van der Waals surface area contributed by atoms with E-state index >= 15 is 0 Å². The number of fused-ring (bicyclic) bond motifs is 5. The fourth-order valence-electron chi connectivity index (χ4n) is 8.26. The number of carbonyl (C=O) groups excluding carboxylic acids is 2. The largest absolute Gasteiger partial charge is 0.484 e. The van der Waals surface area contributed by atoms with Gasteiger partial charge in [-0.15, -0.1) is 0 Å². The Balaban J connectivity index is 1.08. The van der Waals surface area contributed by atoms with Crippen molar-refractivity contribution >= 4 is 23.4 Å². The van der Waals surface area contributed by atoms with Gasteiger partial charge in [0.15, 0.2) is 6.61 Å². The number of aliphatic hydroxyl groups excluding tert-OH is 1. The second-order valence-electron chi connectivity index (χ2n) is 13.5. The lowest BCUT2D eigenvalue weighted by atomic mass is 9.60. The first kappa shape index (κ1) is 30.4. The maximum Gasteiger partial charge on any atom is 0.272 e. The van der Waals surface area contributed by atoms with Gasteiger partial charge in [-0.1, -0.05) is 56.5 Å². The average molecular weight is 615 g/mol. The van der Waals surface area contributed by atoms with Crippen LogP contribution in [0.3, 0.4) is 0 Å². The molecule has 1 aromatic heterocycles. The van der Waals surface area contributed by atoms with Crippen LogP contribution in [0.2, 0.25) is 5.02 Å². The number of hydrogen-bond donors (Lipinski definition) is 3. The maximum absolute atomic E-state index is 13.7. The number of aromatic nitrogens is 2. The third kappa shape index (κ3) is 6.30. The Kier molecular flexibility index (Phi) is 8.75. The summed E-state index contributed by atoms with van der Waals surface area (Å²) in [5.74, 6) is -0.971. The standard InChI is InChI=1S/C33H44ClFN4O4/c34-24-10-9-23(19-25(24)35)43-22-29(41)36-33-16-14-32(15-17-33,21-28(33)40)37-30(42)26-20-27-31(13-8-18-39(27)38-26)11-6-4-2-1-3-5-7-12-31/h9-10,19-20,28,40H,1-8,11-18,21-22H2,(H,36,41)(H,37,42). The highest BCUT2D eigenvalue weighted by molar-refractivity contribution is 6.30. The van der Waals surface area contributed by atoms with Crippen LogP contribution in [-0.4, -0.2) is 50.5 Å². The topological polar surface area (TPSA) is 105 Å². The van der Waals surface area contributed by atoms with Crippen molar-refractivity contribution in [1.82, 2.24) is 20.4 Å². The number of nitrogens with zero attached hydrogens (tertiary/aromatic N) is 2. The fourth-order valence-corrected chi connectivity index (χ4v) is 8.38. The van der Waals surface area contributed by atoms with E-state index in [1.165, 1.54) is 82.0 Å². The molecule has 234 valence electrons. The van der Waals surface area contributed by atoms with E-state index in [-0.39, 0.29) is 34.6 Å². The predicted octanol–water partition coefficient (Wildman–Crippen LogP) is 5.97. The Bertz CT molecular complexity index is 1330. The Morgan fingerprint density at radius 1 is 0.953 bits per heavy atom. The molecule has 1 spiro atoms. The molecule has 43 heavy (non-hydrogen) atoms. The van der Waals surface area contributed by atoms with Crippen molar-refractivity contribution in [3.8, 4) is 5.75 Å². The molecule has 2 aromatic rings. The third-order valence-corrected chi connectivity index (χ3v) is 11.0. The minimum Gasteiger partial charge on any atom is -0.484 e. The van der Waals surface area contributed by atoms with Crippen LogP contribution in [0.25, 0.3) is 0 Å². The molecular formula is C33H44ClFN4O4. The van der Waals surface area contributed by atoms with E-state index in [9.17, 15) is 19.1 Å². The van der Waals surface area contributed by atoms with Crippen LogP contribution in [0.1, 0.15) is 119 Å². The molecule has 4 fully saturated rings. The number of rotatable bonds is 6. The molecule has 1 atom stereocenters. The number of amides is 2. The SMILES string of the molecule is O=C(COc1ccc(Cl)c(F)c1)NC12CCC(NC(=O)c3cc4n(n3)CCCC43CCCCCCCCC3)(CC1)CC2O. The highest BCUT2D eigenvalue weighted by atomic mass is 35.5. The Labute approximate surface area is 258 Å². The molecule has 1 aromatic carbocycles. The summed E-state index contributed by atoms with van der Waals surface area (Å²) in [6.07, 6.45) is 15.6. The molecule has 2 amide bonds. The van der Waals surface area contributed by atoms with Gasteiger partial charge in [0.1, 0.15) is 17.3 Å². The van der Waals surface area contributed by atoms with Crippen molar-refractivity contribution in [3.63, 3.8) is 0 Å². The number of nitrogens with one attached hydrogen (secondary N) is 2. The highest BCUT2D eigenvalue weighted by Gasteiger charge is 2.55. The van der Waals surface area contributed by atoms with Crippen LogP contribution in [0.5, 0.6) is 5.75 Å². The van der Waals surface area contributed by atoms with Crippen LogP contribution in [0, 0.1) is 5.82 Å². The summed E-state index contributed by atoms with van der Waals surface area (Å²) in [6.45, 7) is 0.553. The summed E-state index contributed by atoms with van der Waals surface area (Å²) >= 11 is 5.71.